The second-order valence-electron chi connectivity index (χ2n) is 9.29. The van der Waals surface area contributed by atoms with E-state index in [1.165, 1.54) is 70.3 Å². The van der Waals surface area contributed by atoms with Gasteiger partial charge in [-0.25, -0.2) is 9.97 Å². The summed E-state index contributed by atoms with van der Waals surface area (Å²) in [6.45, 7) is 12.0. The van der Waals surface area contributed by atoms with Gasteiger partial charge in [-0.2, -0.15) is 0 Å². The van der Waals surface area contributed by atoms with Crippen molar-refractivity contribution in [3.05, 3.63) is 23.8 Å². The smallest absolute Gasteiger partial charge is 0.127 e. The zero-order chi connectivity index (χ0) is 18.1. The Balaban J connectivity index is 1.24. The van der Waals surface area contributed by atoms with Crippen LogP contribution in [0.15, 0.2) is 12.4 Å². The van der Waals surface area contributed by atoms with Crippen LogP contribution in [0.3, 0.4) is 0 Å². The molecule has 144 valence electrons. The van der Waals surface area contributed by atoms with E-state index in [1.54, 1.807) is 0 Å². The first-order valence-corrected chi connectivity index (χ1v) is 10.9. The van der Waals surface area contributed by atoms with E-state index in [0.717, 1.165) is 24.3 Å². The minimum atomic E-state index is 0.667. The summed E-state index contributed by atoms with van der Waals surface area (Å²) in [4.78, 5) is 14.5. The molecule has 3 heterocycles. The van der Waals surface area contributed by atoms with Crippen molar-refractivity contribution in [2.75, 3.05) is 26.2 Å². The zero-order valence-corrected chi connectivity index (χ0v) is 17.0. The number of hydrogen-bond donors (Lipinski definition) is 0. The number of hydrogen-bond acceptors (Lipinski definition) is 4. The van der Waals surface area contributed by atoms with Crippen molar-refractivity contribution in [2.24, 2.45) is 5.41 Å². The molecule has 2 aliphatic heterocycles. The highest BCUT2D eigenvalue weighted by Crippen LogP contribution is 2.51. The number of nitrogens with zero attached hydrogens (tertiary/aromatic N) is 4. The zero-order valence-electron chi connectivity index (χ0n) is 17.0. The first kappa shape index (κ1) is 18.4. The molecule has 26 heavy (non-hydrogen) atoms. The molecule has 1 aliphatic carbocycles. The van der Waals surface area contributed by atoms with Crippen LogP contribution < -0.4 is 0 Å². The van der Waals surface area contributed by atoms with Gasteiger partial charge in [0.2, 0.25) is 0 Å². The van der Waals surface area contributed by atoms with Crippen LogP contribution in [0, 0.1) is 5.41 Å². The van der Waals surface area contributed by atoms with Crippen LogP contribution in [-0.4, -0.2) is 58.0 Å². The maximum Gasteiger partial charge on any atom is 0.127 e. The van der Waals surface area contributed by atoms with Crippen LogP contribution in [0.25, 0.3) is 0 Å². The number of aryl methyl sites for hydroxylation is 1. The molecule has 2 saturated heterocycles. The second kappa shape index (κ2) is 7.55. The molecule has 1 aromatic heterocycles. The molecule has 0 aromatic carbocycles. The van der Waals surface area contributed by atoms with Crippen molar-refractivity contribution in [2.45, 2.75) is 83.7 Å². The van der Waals surface area contributed by atoms with Gasteiger partial charge in [-0.1, -0.05) is 6.92 Å². The van der Waals surface area contributed by atoms with E-state index in [0.29, 0.717) is 11.3 Å². The Morgan fingerprint density at radius 3 is 2.19 bits per heavy atom. The van der Waals surface area contributed by atoms with Crippen LogP contribution in [0.4, 0.5) is 0 Å². The SMILES string of the molecule is CCc1ncc(C2CCN(C3CC4(CCN(C(C)C)CC4)C3)CC2)cn1. The Kier molecular flexibility index (Phi) is 5.34. The number of aromatic nitrogens is 2. The largest absolute Gasteiger partial charge is 0.301 e. The molecular formula is C22H36N4. The lowest BCUT2D eigenvalue weighted by Gasteiger charge is -2.56. The molecule has 3 aliphatic rings. The highest BCUT2D eigenvalue weighted by atomic mass is 15.2. The molecular weight excluding hydrogens is 320 g/mol. The van der Waals surface area contributed by atoms with Crippen molar-refractivity contribution in [3.8, 4) is 0 Å². The van der Waals surface area contributed by atoms with Gasteiger partial charge in [-0.05, 0) is 95.4 Å². The van der Waals surface area contributed by atoms with Crippen LogP contribution in [-0.2, 0) is 6.42 Å². The Bertz CT molecular complexity index is 573. The lowest BCUT2D eigenvalue weighted by molar-refractivity contribution is -0.0534. The Hall–Kier alpha value is -1.00. The summed E-state index contributed by atoms with van der Waals surface area (Å²) in [6.07, 6.45) is 13.4. The highest BCUT2D eigenvalue weighted by Gasteiger charge is 2.48. The standard InChI is InChI=1S/C22H36N4/c1-4-21-23-15-19(16-24-21)18-5-9-26(10-6-18)20-13-22(14-20)7-11-25(12-8-22)17(2)3/h15-18,20H,4-14H2,1-3H3. The summed E-state index contributed by atoms with van der Waals surface area (Å²) in [5.41, 5.74) is 2.05. The molecule has 0 bridgehead atoms. The molecule has 1 saturated carbocycles. The van der Waals surface area contributed by atoms with Gasteiger partial charge in [0.15, 0.2) is 0 Å². The molecule has 0 unspecified atom stereocenters. The fourth-order valence-electron chi connectivity index (χ4n) is 5.48. The maximum absolute atomic E-state index is 4.50. The third kappa shape index (κ3) is 3.68. The van der Waals surface area contributed by atoms with Crippen molar-refractivity contribution < 1.29 is 0 Å². The summed E-state index contributed by atoms with van der Waals surface area (Å²) in [7, 11) is 0. The predicted octanol–water partition coefficient (Wildman–Crippen LogP) is 3.87. The van der Waals surface area contributed by atoms with Crippen LogP contribution >= 0.6 is 0 Å². The third-order valence-corrected chi connectivity index (χ3v) is 7.49. The molecule has 0 N–H and O–H groups in total. The molecule has 1 aromatic rings. The van der Waals surface area contributed by atoms with Crippen molar-refractivity contribution in [1.82, 2.24) is 19.8 Å². The van der Waals surface area contributed by atoms with Gasteiger partial charge >= 0.3 is 0 Å². The first-order chi connectivity index (χ1) is 12.6. The number of likely N-dealkylation sites (tertiary alicyclic amines) is 2. The first-order valence-electron chi connectivity index (χ1n) is 10.9. The van der Waals surface area contributed by atoms with Crippen molar-refractivity contribution >= 4 is 0 Å². The lowest BCUT2D eigenvalue weighted by atomic mass is 9.59. The van der Waals surface area contributed by atoms with E-state index in [9.17, 15) is 0 Å². The molecule has 4 rings (SSSR count). The second-order valence-corrected chi connectivity index (χ2v) is 9.29. The lowest BCUT2D eigenvalue weighted by Crippen LogP contribution is -2.56. The van der Waals surface area contributed by atoms with Crippen LogP contribution in [0.1, 0.15) is 76.6 Å². The normalized spacial score (nSPS) is 25.7. The van der Waals surface area contributed by atoms with E-state index >= 15 is 0 Å². The van der Waals surface area contributed by atoms with Gasteiger partial charge in [0.05, 0.1) is 0 Å². The third-order valence-electron chi connectivity index (χ3n) is 7.49. The summed E-state index contributed by atoms with van der Waals surface area (Å²) in [6, 6.07) is 1.58. The minimum Gasteiger partial charge on any atom is -0.301 e. The van der Waals surface area contributed by atoms with Gasteiger partial charge in [-0.3, -0.25) is 0 Å². The average Bonchev–Trinajstić information content (AvgIpc) is 2.66. The topological polar surface area (TPSA) is 32.3 Å². The van der Waals surface area contributed by atoms with E-state index in [1.807, 2.05) is 0 Å². The van der Waals surface area contributed by atoms with Crippen molar-refractivity contribution in [1.29, 1.82) is 0 Å². The van der Waals surface area contributed by atoms with Crippen molar-refractivity contribution in [3.63, 3.8) is 0 Å². The fraction of sp³-hybridized carbons (Fsp3) is 0.818. The van der Waals surface area contributed by atoms with Gasteiger partial charge in [0.1, 0.15) is 5.82 Å². The number of piperidine rings is 2. The van der Waals surface area contributed by atoms with E-state index in [-0.39, 0.29) is 0 Å². The summed E-state index contributed by atoms with van der Waals surface area (Å²) in [5, 5.41) is 0. The maximum atomic E-state index is 4.50. The molecule has 3 fully saturated rings. The van der Waals surface area contributed by atoms with Gasteiger partial charge in [0.25, 0.3) is 0 Å². The highest BCUT2D eigenvalue weighted by molar-refractivity contribution is 5.13. The van der Waals surface area contributed by atoms with Gasteiger partial charge in [0, 0.05) is 30.9 Å². The van der Waals surface area contributed by atoms with E-state index < -0.39 is 0 Å². The monoisotopic (exact) mass is 356 g/mol. The predicted molar refractivity (Wildman–Crippen MR) is 106 cm³/mol. The minimum absolute atomic E-state index is 0.667. The molecule has 0 amide bonds. The number of rotatable bonds is 4. The van der Waals surface area contributed by atoms with Gasteiger partial charge < -0.3 is 9.80 Å². The van der Waals surface area contributed by atoms with Crippen LogP contribution in [0.5, 0.6) is 0 Å². The molecule has 1 spiro atoms. The summed E-state index contributed by atoms with van der Waals surface area (Å²) in [5.74, 6) is 1.63. The van der Waals surface area contributed by atoms with E-state index in [2.05, 4.69) is 52.9 Å². The summed E-state index contributed by atoms with van der Waals surface area (Å²) < 4.78 is 0. The van der Waals surface area contributed by atoms with Gasteiger partial charge in [-0.15, -0.1) is 0 Å². The molecule has 0 radical (unpaired) electrons. The van der Waals surface area contributed by atoms with E-state index in [4.69, 9.17) is 0 Å². The Morgan fingerprint density at radius 2 is 1.65 bits per heavy atom. The molecule has 4 heteroatoms. The molecule has 0 atom stereocenters. The Labute approximate surface area is 159 Å². The average molecular weight is 357 g/mol. The molecule has 4 nitrogen and oxygen atoms in total. The Morgan fingerprint density at radius 1 is 1.04 bits per heavy atom. The fourth-order valence-corrected chi connectivity index (χ4v) is 5.48. The quantitative estimate of drug-likeness (QED) is 0.820. The summed E-state index contributed by atoms with van der Waals surface area (Å²) >= 11 is 0. The van der Waals surface area contributed by atoms with Crippen LogP contribution in [0.2, 0.25) is 0 Å².